The molecule has 32 heavy (non-hydrogen) atoms. The molecular weight excluding hydrogens is 454 g/mol. The van der Waals surface area contributed by atoms with E-state index in [0.29, 0.717) is 12.8 Å². The molecule has 170 valence electrons. The van der Waals surface area contributed by atoms with Crippen LogP contribution in [0.15, 0.2) is 69.5 Å². The molecule has 10 heteroatoms. The van der Waals surface area contributed by atoms with Crippen LogP contribution in [0, 0.1) is 18.8 Å². The summed E-state index contributed by atoms with van der Waals surface area (Å²) < 4.78 is 60.3. The summed E-state index contributed by atoms with van der Waals surface area (Å²) in [5.74, 6) is -1.86. The van der Waals surface area contributed by atoms with E-state index in [1.54, 1.807) is 30.3 Å². The molecule has 0 unspecified atom stereocenters. The summed E-state index contributed by atoms with van der Waals surface area (Å²) >= 11 is 0. The summed E-state index contributed by atoms with van der Waals surface area (Å²) in [5.41, 5.74) is 1.12. The molecule has 4 rings (SSSR count). The predicted molar refractivity (Wildman–Crippen MR) is 116 cm³/mol. The molecule has 0 saturated heterocycles. The van der Waals surface area contributed by atoms with Crippen LogP contribution in [0.4, 0.5) is 0 Å². The number of rotatable bonds is 6. The summed E-state index contributed by atoms with van der Waals surface area (Å²) in [7, 11) is -7.19. The maximum Gasteiger partial charge on any atom is 0.358 e. The molecule has 2 aromatic rings. The fourth-order valence-corrected chi connectivity index (χ4v) is 7.79. The molecule has 2 aliphatic rings. The number of oxime groups is 1. The quantitative estimate of drug-likeness (QED) is 0.464. The molecule has 0 aromatic heterocycles. The minimum atomic E-state index is -4.19. The minimum absolute atomic E-state index is 0.00509. The highest BCUT2D eigenvalue weighted by Crippen LogP contribution is 2.55. The number of methoxy groups -OCH3 is 1. The van der Waals surface area contributed by atoms with E-state index in [1.807, 2.05) is 6.92 Å². The number of sulfone groups is 1. The van der Waals surface area contributed by atoms with Gasteiger partial charge in [-0.3, -0.25) is 9.08 Å². The van der Waals surface area contributed by atoms with E-state index >= 15 is 0 Å². The molecule has 2 aliphatic carbocycles. The first kappa shape index (κ1) is 22.5. The van der Waals surface area contributed by atoms with Crippen molar-refractivity contribution < 1.29 is 30.7 Å². The fraction of sp³-hybridized carbons (Fsp3) is 0.364. The van der Waals surface area contributed by atoms with Gasteiger partial charge in [0, 0.05) is 5.92 Å². The Hall–Kier alpha value is -2.72. The Morgan fingerprint density at radius 1 is 1.00 bits per heavy atom. The van der Waals surface area contributed by atoms with Gasteiger partial charge in [-0.05, 0) is 56.4 Å². The molecule has 0 amide bonds. The van der Waals surface area contributed by atoms with E-state index in [-0.39, 0.29) is 27.8 Å². The SMILES string of the molecule is COC(=O)[C@]1(S(=O)(=O)c2ccccc2)C[C@@H]2C/C(=N\OS(=O)(=O)c3ccc(C)cc3)[C@H]1C2. The zero-order valence-electron chi connectivity index (χ0n) is 17.6. The lowest BCUT2D eigenvalue weighted by Crippen LogP contribution is -2.54. The van der Waals surface area contributed by atoms with Gasteiger partial charge >= 0.3 is 16.1 Å². The first-order chi connectivity index (χ1) is 15.1. The van der Waals surface area contributed by atoms with Gasteiger partial charge in [0.15, 0.2) is 14.6 Å². The number of ether oxygens (including phenoxy) is 1. The van der Waals surface area contributed by atoms with E-state index in [2.05, 4.69) is 5.16 Å². The van der Waals surface area contributed by atoms with Gasteiger partial charge in [-0.1, -0.05) is 41.1 Å². The Morgan fingerprint density at radius 3 is 2.25 bits per heavy atom. The lowest BCUT2D eigenvalue weighted by molar-refractivity contribution is -0.144. The highest BCUT2D eigenvalue weighted by molar-refractivity contribution is 7.93. The summed E-state index contributed by atoms with van der Waals surface area (Å²) in [6.07, 6.45) is 0.830. The summed E-state index contributed by atoms with van der Waals surface area (Å²) in [5, 5.41) is 3.85. The second kappa shape index (κ2) is 8.00. The molecule has 2 saturated carbocycles. The van der Waals surface area contributed by atoms with Gasteiger partial charge in [-0.25, -0.2) is 8.42 Å². The third-order valence-corrected chi connectivity index (χ3v) is 9.84. The zero-order chi connectivity index (χ0) is 23.1. The summed E-state index contributed by atoms with van der Waals surface area (Å²) in [4.78, 5) is 12.9. The Labute approximate surface area is 187 Å². The number of aryl methyl sites for hydroxylation is 1. The molecule has 0 N–H and O–H groups in total. The van der Waals surface area contributed by atoms with Gasteiger partial charge in [0.2, 0.25) is 0 Å². The number of benzene rings is 2. The van der Waals surface area contributed by atoms with Crippen molar-refractivity contribution in [3.05, 3.63) is 60.2 Å². The molecule has 8 nitrogen and oxygen atoms in total. The third-order valence-electron chi connectivity index (χ3n) is 6.25. The summed E-state index contributed by atoms with van der Waals surface area (Å²) in [6, 6.07) is 13.8. The minimum Gasteiger partial charge on any atom is -0.468 e. The predicted octanol–water partition coefficient (Wildman–Crippen LogP) is 2.87. The molecule has 0 heterocycles. The molecule has 0 aliphatic heterocycles. The average molecular weight is 478 g/mol. The van der Waals surface area contributed by atoms with Crippen molar-refractivity contribution in [2.24, 2.45) is 17.0 Å². The van der Waals surface area contributed by atoms with E-state index in [4.69, 9.17) is 9.02 Å². The van der Waals surface area contributed by atoms with Gasteiger partial charge < -0.3 is 4.74 Å². The number of carbonyl (C=O) groups excluding carboxylic acids is 1. The molecule has 0 radical (unpaired) electrons. The topological polar surface area (TPSA) is 116 Å². The first-order valence-electron chi connectivity index (χ1n) is 10.1. The summed E-state index contributed by atoms with van der Waals surface area (Å²) in [6.45, 7) is 1.83. The van der Waals surface area contributed by atoms with E-state index in [9.17, 15) is 21.6 Å². The number of fused-ring (bicyclic) bond motifs is 2. The van der Waals surface area contributed by atoms with Crippen LogP contribution in [0.2, 0.25) is 0 Å². The number of nitrogens with zero attached hydrogens (tertiary/aromatic N) is 1. The van der Waals surface area contributed by atoms with Crippen molar-refractivity contribution in [3.8, 4) is 0 Å². The van der Waals surface area contributed by atoms with Crippen molar-refractivity contribution in [2.75, 3.05) is 7.11 Å². The van der Waals surface area contributed by atoms with Crippen LogP contribution in [0.25, 0.3) is 0 Å². The number of hydrogen-bond acceptors (Lipinski definition) is 8. The lowest BCUT2D eigenvalue weighted by Gasteiger charge is -2.34. The smallest absolute Gasteiger partial charge is 0.358 e. The lowest BCUT2D eigenvalue weighted by atomic mass is 9.86. The van der Waals surface area contributed by atoms with Crippen LogP contribution in [0.5, 0.6) is 0 Å². The molecule has 0 spiro atoms. The number of esters is 1. The maximum atomic E-state index is 13.6. The van der Waals surface area contributed by atoms with Crippen LogP contribution in [-0.2, 0) is 33.8 Å². The average Bonchev–Trinajstić information content (AvgIpc) is 3.37. The van der Waals surface area contributed by atoms with Crippen molar-refractivity contribution in [1.82, 2.24) is 0 Å². The van der Waals surface area contributed by atoms with Crippen LogP contribution in [-0.4, -0.2) is 40.4 Å². The first-order valence-corrected chi connectivity index (χ1v) is 13.0. The molecule has 2 bridgehead atoms. The second-order valence-corrected chi connectivity index (χ2v) is 11.9. The molecule has 3 atom stereocenters. The van der Waals surface area contributed by atoms with E-state index in [1.165, 1.54) is 24.3 Å². The van der Waals surface area contributed by atoms with Gasteiger partial charge in [0.05, 0.1) is 17.7 Å². The van der Waals surface area contributed by atoms with Gasteiger partial charge in [0.1, 0.15) is 4.90 Å². The Balaban J connectivity index is 1.72. The van der Waals surface area contributed by atoms with Crippen LogP contribution in [0.3, 0.4) is 0 Å². The normalized spacial score (nSPS) is 26.2. The Morgan fingerprint density at radius 2 is 1.66 bits per heavy atom. The van der Waals surface area contributed by atoms with Crippen molar-refractivity contribution in [2.45, 2.75) is 40.7 Å². The van der Waals surface area contributed by atoms with Gasteiger partial charge in [-0.15, -0.1) is 0 Å². The highest BCUT2D eigenvalue weighted by atomic mass is 32.2. The largest absolute Gasteiger partial charge is 0.468 e. The van der Waals surface area contributed by atoms with Gasteiger partial charge in [-0.2, -0.15) is 8.42 Å². The van der Waals surface area contributed by atoms with Crippen LogP contribution < -0.4 is 0 Å². The van der Waals surface area contributed by atoms with Crippen molar-refractivity contribution >= 4 is 31.6 Å². The maximum absolute atomic E-state index is 13.6. The Bertz CT molecular complexity index is 1270. The van der Waals surface area contributed by atoms with E-state index < -0.39 is 36.6 Å². The zero-order valence-corrected chi connectivity index (χ0v) is 19.2. The monoisotopic (exact) mass is 477 g/mol. The van der Waals surface area contributed by atoms with Crippen LogP contribution >= 0.6 is 0 Å². The van der Waals surface area contributed by atoms with Gasteiger partial charge in [0.25, 0.3) is 0 Å². The van der Waals surface area contributed by atoms with E-state index in [0.717, 1.165) is 12.7 Å². The third kappa shape index (κ3) is 3.51. The molecule has 2 aromatic carbocycles. The van der Waals surface area contributed by atoms with Crippen molar-refractivity contribution in [3.63, 3.8) is 0 Å². The highest BCUT2D eigenvalue weighted by Gasteiger charge is 2.67. The standard InChI is InChI=1S/C22H23NO7S2/c1-15-8-10-18(11-9-15)32(27,28)30-23-20-13-16-12-19(20)22(14-16,21(24)29-2)31(25,26)17-6-4-3-5-7-17/h3-11,16,19H,12-14H2,1-2H3/b23-20+/t16-,19+,22-/m0/s1. The molecule has 2 fully saturated rings. The Kier molecular flexibility index (Phi) is 5.62. The molecular formula is C22H23NO7S2. The van der Waals surface area contributed by atoms with Crippen molar-refractivity contribution in [1.29, 1.82) is 0 Å². The number of carbonyl (C=O) groups is 1. The van der Waals surface area contributed by atoms with Crippen LogP contribution in [0.1, 0.15) is 24.8 Å². The second-order valence-electron chi connectivity index (χ2n) is 8.18. The number of hydrogen-bond donors (Lipinski definition) is 0. The fourth-order valence-electron chi connectivity index (χ4n) is 4.74.